The van der Waals surface area contributed by atoms with Gasteiger partial charge in [0.1, 0.15) is 0 Å². The molecule has 1 aromatic carbocycles. The van der Waals surface area contributed by atoms with Gasteiger partial charge in [-0.1, -0.05) is 23.9 Å². The number of hydrogen-bond donors (Lipinski definition) is 1. The molecule has 2 N–H and O–H groups in total. The number of hydrogen-bond acceptors (Lipinski definition) is 4. The average Bonchev–Trinajstić information content (AvgIpc) is 2.71. The van der Waals surface area contributed by atoms with Crippen LogP contribution in [-0.4, -0.2) is 23.7 Å². The number of aryl methyl sites for hydroxylation is 1. The highest BCUT2D eigenvalue weighted by molar-refractivity contribution is 7.99. The van der Waals surface area contributed by atoms with Crippen LogP contribution in [0.2, 0.25) is 0 Å². The van der Waals surface area contributed by atoms with Crippen molar-refractivity contribution in [2.24, 2.45) is 5.14 Å². The molecule has 0 aliphatic carbocycles. The molecule has 108 valence electrons. The van der Waals surface area contributed by atoms with Crippen LogP contribution in [0, 0.1) is 0 Å². The first-order chi connectivity index (χ1) is 9.32. The molecular formula is C13H17N3O2S2. The van der Waals surface area contributed by atoms with Crippen LogP contribution in [-0.2, 0) is 16.6 Å². The van der Waals surface area contributed by atoms with E-state index in [1.54, 1.807) is 17.8 Å². The highest BCUT2D eigenvalue weighted by Gasteiger charge is 2.14. The minimum atomic E-state index is -3.70. The van der Waals surface area contributed by atoms with Crippen LogP contribution in [0.25, 0.3) is 11.0 Å². The SMILES string of the molecule is C=C(C)CSc1nc2cc(S(N)(=O)=O)ccc2n1CC. The van der Waals surface area contributed by atoms with Crippen molar-refractivity contribution in [2.75, 3.05) is 5.75 Å². The average molecular weight is 311 g/mol. The Kier molecular flexibility index (Phi) is 4.22. The molecule has 0 unspecified atom stereocenters. The molecule has 2 rings (SSSR count). The van der Waals surface area contributed by atoms with Crippen molar-refractivity contribution >= 4 is 32.8 Å². The lowest BCUT2D eigenvalue weighted by Crippen LogP contribution is -2.11. The summed E-state index contributed by atoms with van der Waals surface area (Å²) in [5.74, 6) is 0.783. The number of benzene rings is 1. The molecule has 0 spiro atoms. The number of nitrogens with zero attached hydrogens (tertiary/aromatic N) is 2. The molecular weight excluding hydrogens is 294 g/mol. The van der Waals surface area contributed by atoms with E-state index in [1.807, 2.05) is 13.8 Å². The van der Waals surface area contributed by atoms with Crippen molar-refractivity contribution in [3.8, 4) is 0 Å². The Hall–Kier alpha value is -1.31. The van der Waals surface area contributed by atoms with Gasteiger partial charge in [0, 0.05) is 12.3 Å². The normalized spacial score (nSPS) is 11.9. The lowest BCUT2D eigenvalue weighted by Gasteiger charge is -2.05. The van der Waals surface area contributed by atoms with Crippen LogP contribution in [0.3, 0.4) is 0 Å². The summed E-state index contributed by atoms with van der Waals surface area (Å²) < 4.78 is 24.8. The largest absolute Gasteiger partial charge is 0.319 e. The number of thioether (sulfide) groups is 1. The third-order valence-corrected chi connectivity index (χ3v) is 4.90. The highest BCUT2D eigenvalue weighted by atomic mass is 32.2. The van der Waals surface area contributed by atoms with E-state index in [1.165, 1.54) is 12.1 Å². The predicted octanol–water partition coefficient (Wildman–Crippen LogP) is 2.37. The minimum Gasteiger partial charge on any atom is -0.319 e. The van der Waals surface area contributed by atoms with E-state index in [9.17, 15) is 8.42 Å². The molecule has 0 aliphatic heterocycles. The molecule has 0 aliphatic rings. The van der Waals surface area contributed by atoms with Gasteiger partial charge in [0.25, 0.3) is 0 Å². The maximum absolute atomic E-state index is 11.4. The second kappa shape index (κ2) is 5.59. The van der Waals surface area contributed by atoms with Crippen molar-refractivity contribution in [1.29, 1.82) is 0 Å². The van der Waals surface area contributed by atoms with Crippen molar-refractivity contribution in [3.05, 3.63) is 30.4 Å². The summed E-state index contributed by atoms with van der Waals surface area (Å²) >= 11 is 1.59. The third-order valence-electron chi connectivity index (χ3n) is 2.78. The molecule has 0 bridgehead atoms. The van der Waals surface area contributed by atoms with E-state index in [2.05, 4.69) is 16.1 Å². The first kappa shape index (κ1) is 15.1. The second-order valence-corrected chi connectivity index (χ2v) is 7.08. The zero-order valence-corrected chi connectivity index (χ0v) is 13.1. The van der Waals surface area contributed by atoms with Crippen LogP contribution < -0.4 is 5.14 Å². The molecule has 0 radical (unpaired) electrons. The summed E-state index contributed by atoms with van der Waals surface area (Å²) in [4.78, 5) is 4.58. The van der Waals surface area contributed by atoms with Crippen molar-refractivity contribution in [1.82, 2.24) is 9.55 Å². The summed E-state index contributed by atoms with van der Waals surface area (Å²) in [6, 6.07) is 4.77. The summed E-state index contributed by atoms with van der Waals surface area (Å²) in [5.41, 5.74) is 2.61. The summed E-state index contributed by atoms with van der Waals surface area (Å²) in [5, 5.41) is 6.00. The second-order valence-electron chi connectivity index (χ2n) is 4.58. The molecule has 20 heavy (non-hydrogen) atoms. The number of fused-ring (bicyclic) bond motifs is 1. The fourth-order valence-electron chi connectivity index (χ4n) is 1.87. The highest BCUT2D eigenvalue weighted by Crippen LogP contribution is 2.26. The molecule has 1 heterocycles. The molecule has 7 heteroatoms. The van der Waals surface area contributed by atoms with Gasteiger partial charge in [-0.05, 0) is 32.0 Å². The van der Waals surface area contributed by atoms with E-state index in [4.69, 9.17) is 5.14 Å². The molecule has 0 saturated carbocycles. The molecule has 0 saturated heterocycles. The number of sulfonamides is 1. The Morgan fingerprint density at radius 3 is 2.75 bits per heavy atom. The smallest absolute Gasteiger partial charge is 0.238 e. The van der Waals surface area contributed by atoms with Gasteiger partial charge in [-0.15, -0.1) is 0 Å². The zero-order valence-electron chi connectivity index (χ0n) is 11.5. The monoisotopic (exact) mass is 311 g/mol. The summed E-state index contributed by atoms with van der Waals surface area (Å²) in [7, 11) is -3.70. The number of rotatable bonds is 5. The van der Waals surface area contributed by atoms with E-state index in [-0.39, 0.29) is 4.90 Å². The van der Waals surface area contributed by atoms with Gasteiger partial charge in [-0.25, -0.2) is 18.5 Å². The van der Waals surface area contributed by atoms with Crippen LogP contribution in [0.1, 0.15) is 13.8 Å². The van der Waals surface area contributed by atoms with Crippen LogP contribution in [0.15, 0.2) is 40.4 Å². The molecule has 2 aromatic rings. The Bertz CT molecular complexity index is 763. The first-order valence-corrected chi connectivity index (χ1v) is 8.66. The van der Waals surface area contributed by atoms with Gasteiger partial charge in [0.05, 0.1) is 15.9 Å². The van der Waals surface area contributed by atoms with Gasteiger partial charge >= 0.3 is 0 Å². The lowest BCUT2D eigenvalue weighted by molar-refractivity contribution is 0.598. The quantitative estimate of drug-likeness (QED) is 0.679. The summed E-state index contributed by atoms with van der Waals surface area (Å²) in [6.07, 6.45) is 0. The first-order valence-electron chi connectivity index (χ1n) is 6.13. The van der Waals surface area contributed by atoms with Gasteiger partial charge in [-0.3, -0.25) is 0 Å². The van der Waals surface area contributed by atoms with E-state index in [0.717, 1.165) is 28.5 Å². The van der Waals surface area contributed by atoms with Crippen molar-refractivity contribution < 1.29 is 8.42 Å². The van der Waals surface area contributed by atoms with Gasteiger partial charge < -0.3 is 4.57 Å². The Morgan fingerprint density at radius 1 is 1.50 bits per heavy atom. The third kappa shape index (κ3) is 3.05. The number of nitrogens with two attached hydrogens (primary N) is 1. The standard InChI is InChI=1S/C13H17N3O2S2/c1-4-16-12-6-5-10(20(14,17)18)7-11(12)15-13(16)19-8-9(2)3/h5-7H,2,4,8H2,1,3H3,(H2,14,17,18). The maximum Gasteiger partial charge on any atom is 0.238 e. The minimum absolute atomic E-state index is 0.0854. The van der Waals surface area contributed by atoms with Gasteiger partial charge in [0.15, 0.2) is 5.16 Å². The molecule has 0 amide bonds. The predicted molar refractivity (Wildman–Crippen MR) is 82.3 cm³/mol. The Balaban J connectivity index is 2.53. The Morgan fingerprint density at radius 2 is 2.20 bits per heavy atom. The number of primary sulfonamides is 1. The van der Waals surface area contributed by atoms with E-state index in [0.29, 0.717) is 5.52 Å². The van der Waals surface area contributed by atoms with Gasteiger partial charge in [0.2, 0.25) is 10.0 Å². The molecule has 5 nitrogen and oxygen atoms in total. The van der Waals surface area contributed by atoms with Crippen LogP contribution in [0.4, 0.5) is 0 Å². The van der Waals surface area contributed by atoms with Crippen LogP contribution in [0.5, 0.6) is 0 Å². The fourth-order valence-corrected chi connectivity index (χ4v) is 3.32. The lowest BCUT2D eigenvalue weighted by atomic mass is 10.3. The molecule has 0 atom stereocenters. The molecule has 0 fully saturated rings. The topological polar surface area (TPSA) is 78.0 Å². The maximum atomic E-state index is 11.4. The molecule has 1 aromatic heterocycles. The van der Waals surface area contributed by atoms with Crippen LogP contribution >= 0.6 is 11.8 Å². The van der Waals surface area contributed by atoms with E-state index < -0.39 is 10.0 Å². The van der Waals surface area contributed by atoms with Crippen molar-refractivity contribution in [2.45, 2.75) is 30.4 Å². The fraction of sp³-hybridized carbons (Fsp3) is 0.308. The Labute approximate surface area is 122 Å². The van der Waals surface area contributed by atoms with Crippen molar-refractivity contribution in [3.63, 3.8) is 0 Å². The zero-order chi connectivity index (χ0) is 14.9. The number of aromatic nitrogens is 2. The van der Waals surface area contributed by atoms with E-state index >= 15 is 0 Å². The number of imidazole rings is 1. The van der Waals surface area contributed by atoms with Gasteiger partial charge in [-0.2, -0.15) is 0 Å². The summed E-state index contributed by atoms with van der Waals surface area (Å²) in [6.45, 7) is 8.63.